The van der Waals surface area contributed by atoms with Crippen molar-refractivity contribution in [2.75, 3.05) is 6.54 Å². The minimum Gasteiger partial charge on any atom is -0.308 e. The lowest BCUT2D eigenvalue weighted by Crippen LogP contribution is -2.28. The molecule has 1 radical (unpaired) electrons. The predicted octanol–water partition coefficient (Wildman–Crippen LogP) is -0.819. The SMILES string of the molecule is [c]1nc2n(n1)CCNC2. The highest BCUT2D eigenvalue weighted by Gasteiger charge is 2.07. The van der Waals surface area contributed by atoms with Gasteiger partial charge >= 0.3 is 0 Å². The molecule has 9 heavy (non-hydrogen) atoms. The van der Waals surface area contributed by atoms with Crippen molar-refractivity contribution in [3.8, 4) is 0 Å². The number of rotatable bonds is 0. The van der Waals surface area contributed by atoms with Crippen molar-refractivity contribution in [1.29, 1.82) is 0 Å². The van der Waals surface area contributed by atoms with Gasteiger partial charge in [0.25, 0.3) is 0 Å². The Kier molecular flexibility index (Phi) is 0.989. The van der Waals surface area contributed by atoms with Gasteiger partial charge in [0.05, 0.1) is 13.1 Å². The van der Waals surface area contributed by atoms with Crippen molar-refractivity contribution in [1.82, 2.24) is 20.1 Å². The first-order chi connectivity index (χ1) is 4.47. The molecule has 0 spiro atoms. The smallest absolute Gasteiger partial charge is 0.221 e. The molecule has 0 fully saturated rings. The van der Waals surface area contributed by atoms with Gasteiger partial charge in [-0.15, -0.1) is 5.10 Å². The lowest BCUT2D eigenvalue weighted by atomic mass is 10.4. The van der Waals surface area contributed by atoms with E-state index in [1.807, 2.05) is 4.68 Å². The second kappa shape index (κ2) is 1.80. The number of fused-ring (bicyclic) bond motifs is 1. The Hall–Kier alpha value is -0.900. The standard InChI is InChI=1S/C5H7N4/c1-2-9-5(3-6-1)7-4-8-9/h6H,1-3H2. The number of nitrogens with zero attached hydrogens (tertiary/aromatic N) is 3. The van der Waals surface area contributed by atoms with Crippen molar-refractivity contribution >= 4 is 0 Å². The Bertz CT molecular complexity index is 184. The minimum absolute atomic E-state index is 0.830. The minimum atomic E-state index is 0.830. The second-order valence-electron chi connectivity index (χ2n) is 2.03. The van der Waals surface area contributed by atoms with E-state index in [0.29, 0.717) is 0 Å². The van der Waals surface area contributed by atoms with E-state index in [4.69, 9.17) is 0 Å². The average molecular weight is 123 g/mol. The summed E-state index contributed by atoms with van der Waals surface area (Å²) < 4.78 is 1.87. The zero-order chi connectivity index (χ0) is 6.10. The summed E-state index contributed by atoms with van der Waals surface area (Å²) in [6.07, 6.45) is 2.56. The van der Waals surface area contributed by atoms with Crippen LogP contribution in [0.1, 0.15) is 5.82 Å². The zero-order valence-corrected chi connectivity index (χ0v) is 4.96. The van der Waals surface area contributed by atoms with Crippen LogP contribution in [0.15, 0.2) is 0 Å². The van der Waals surface area contributed by atoms with E-state index >= 15 is 0 Å². The van der Waals surface area contributed by atoms with E-state index in [1.54, 1.807) is 0 Å². The molecule has 2 rings (SSSR count). The molecule has 1 aromatic heterocycles. The summed E-state index contributed by atoms with van der Waals surface area (Å²) >= 11 is 0. The normalized spacial score (nSPS) is 17.3. The molecule has 0 unspecified atom stereocenters. The first kappa shape index (κ1) is 4.93. The van der Waals surface area contributed by atoms with E-state index in [-0.39, 0.29) is 0 Å². The molecule has 4 heteroatoms. The van der Waals surface area contributed by atoms with Gasteiger partial charge in [0.1, 0.15) is 5.82 Å². The van der Waals surface area contributed by atoms with E-state index in [9.17, 15) is 0 Å². The summed E-state index contributed by atoms with van der Waals surface area (Å²) in [6, 6.07) is 0. The van der Waals surface area contributed by atoms with Crippen LogP contribution >= 0.6 is 0 Å². The van der Waals surface area contributed by atoms with Gasteiger partial charge in [-0.3, -0.25) is 0 Å². The molecule has 1 aliphatic heterocycles. The highest BCUT2D eigenvalue weighted by atomic mass is 15.4. The predicted molar refractivity (Wildman–Crippen MR) is 30.6 cm³/mol. The van der Waals surface area contributed by atoms with Gasteiger partial charge in [-0.1, -0.05) is 0 Å². The van der Waals surface area contributed by atoms with E-state index in [0.717, 1.165) is 25.5 Å². The van der Waals surface area contributed by atoms with E-state index in [2.05, 4.69) is 21.7 Å². The van der Waals surface area contributed by atoms with Gasteiger partial charge in [0, 0.05) is 6.54 Å². The Balaban J connectivity index is 2.39. The third kappa shape index (κ3) is 0.712. The number of aromatic nitrogens is 3. The summed E-state index contributed by atoms with van der Waals surface area (Å²) in [5.74, 6) is 0.987. The van der Waals surface area contributed by atoms with Crippen molar-refractivity contribution in [2.45, 2.75) is 13.1 Å². The third-order valence-corrected chi connectivity index (χ3v) is 1.43. The highest BCUT2D eigenvalue weighted by molar-refractivity contribution is 4.85. The molecule has 2 heterocycles. The summed E-state index contributed by atoms with van der Waals surface area (Å²) in [6.45, 7) is 2.74. The van der Waals surface area contributed by atoms with Crippen LogP contribution in [-0.4, -0.2) is 21.3 Å². The third-order valence-electron chi connectivity index (χ3n) is 1.43. The first-order valence-corrected chi connectivity index (χ1v) is 2.97. The van der Waals surface area contributed by atoms with E-state index < -0.39 is 0 Å². The van der Waals surface area contributed by atoms with Crippen molar-refractivity contribution in [3.05, 3.63) is 12.2 Å². The zero-order valence-electron chi connectivity index (χ0n) is 4.96. The van der Waals surface area contributed by atoms with Crippen molar-refractivity contribution in [3.63, 3.8) is 0 Å². The van der Waals surface area contributed by atoms with Crippen LogP contribution in [0.5, 0.6) is 0 Å². The maximum absolute atomic E-state index is 3.92. The molecule has 4 nitrogen and oxygen atoms in total. The molecule has 1 N–H and O–H groups in total. The quantitative estimate of drug-likeness (QED) is 0.490. The first-order valence-electron chi connectivity index (χ1n) is 2.97. The molecular formula is C5H7N4. The molecule has 0 saturated carbocycles. The van der Waals surface area contributed by atoms with Crippen LogP contribution in [0.2, 0.25) is 0 Å². The molecule has 0 bridgehead atoms. The lowest BCUT2D eigenvalue weighted by molar-refractivity contribution is 0.468. The summed E-state index contributed by atoms with van der Waals surface area (Å²) in [4.78, 5) is 3.92. The monoisotopic (exact) mass is 123 g/mol. The van der Waals surface area contributed by atoms with Crippen LogP contribution in [0.4, 0.5) is 0 Å². The van der Waals surface area contributed by atoms with Crippen molar-refractivity contribution in [2.24, 2.45) is 0 Å². The number of nitrogens with one attached hydrogen (secondary N) is 1. The Morgan fingerprint density at radius 1 is 1.67 bits per heavy atom. The fourth-order valence-corrected chi connectivity index (χ4v) is 0.944. The van der Waals surface area contributed by atoms with Gasteiger partial charge in [-0.2, -0.15) is 0 Å². The van der Waals surface area contributed by atoms with Gasteiger partial charge in [0.15, 0.2) is 0 Å². The van der Waals surface area contributed by atoms with Crippen LogP contribution in [0.3, 0.4) is 0 Å². The van der Waals surface area contributed by atoms with Crippen LogP contribution in [0.25, 0.3) is 0 Å². The average Bonchev–Trinajstić information content (AvgIpc) is 2.33. The van der Waals surface area contributed by atoms with Crippen LogP contribution < -0.4 is 5.32 Å². The number of hydrogen-bond donors (Lipinski definition) is 1. The Morgan fingerprint density at radius 3 is 3.56 bits per heavy atom. The van der Waals surface area contributed by atoms with Crippen LogP contribution in [-0.2, 0) is 13.1 Å². The molecule has 0 aliphatic carbocycles. The van der Waals surface area contributed by atoms with Crippen molar-refractivity contribution < 1.29 is 0 Å². The largest absolute Gasteiger partial charge is 0.308 e. The Labute approximate surface area is 52.9 Å². The highest BCUT2D eigenvalue weighted by Crippen LogP contribution is 1.96. The second-order valence-corrected chi connectivity index (χ2v) is 2.03. The topological polar surface area (TPSA) is 42.7 Å². The molecule has 0 atom stereocenters. The summed E-state index contributed by atoms with van der Waals surface area (Å²) in [5, 5.41) is 7.08. The summed E-state index contributed by atoms with van der Waals surface area (Å²) in [7, 11) is 0. The van der Waals surface area contributed by atoms with Gasteiger partial charge in [-0.25, -0.2) is 9.67 Å². The van der Waals surface area contributed by atoms with Gasteiger partial charge in [0.2, 0.25) is 6.33 Å². The fourth-order valence-electron chi connectivity index (χ4n) is 0.944. The van der Waals surface area contributed by atoms with Gasteiger partial charge < -0.3 is 5.32 Å². The summed E-state index contributed by atoms with van der Waals surface area (Å²) in [5.41, 5.74) is 0. The van der Waals surface area contributed by atoms with Crippen LogP contribution in [0, 0.1) is 6.33 Å². The maximum atomic E-state index is 3.92. The number of hydrogen-bond acceptors (Lipinski definition) is 3. The molecular weight excluding hydrogens is 116 g/mol. The lowest BCUT2D eigenvalue weighted by Gasteiger charge is -2.11. The molecule has 0 amide bonds. The van der Waals surface area contributed by atoms with E-state index in [1.165, 1.54) is 0 Å². The van der Waals surface area contributed by atoms with Gasteiger partial charge in [-0.05, 0) is 0 Å². The molecule has 1 aliphatic rings. The molecule has 47 valence electrons. The Morgan fingerprint density at radius 2 is 2.67 bits per heavy atom. The fraction of sp³-hybridized carbons (Fsp3) is 0.600. The molecule has 1 aromatic rings. The molecule has 0 saturated heterocycles. The molecule has 0 aromatic carbocycles. The maximum Gasteiger partial charge on any atom is 0.221 e.